The van der Waals surface area contributed by atoms with Gasteiger partial charge in [0.15, 0.2) is 11.6 Å². The van der Waals surface area contributed by atoms with E-state index in [9.17, 15) is 9.59 Å². The maximum atomic E-state index is 12.9. The van der Waals surface area contributed by atoms with E-state index in [0.29, 0.717) is 11.2 Å². The second-order valence-corrected chi connectivity index (χ2v) is 8.46. The number of carbonyl (C=O) groups is 2. The van der Waals surface area contributed by atoms with Gasteiger partial charge >= 0.3 is 0 Å². The first kappa shape index (κ1) is 23.0. The molecule has 0 aliphatic heterocycles. The standard InChI is InChI=1S/C18H7Cl4NO2.C5H12/c19-13-11-12(14(20)16(22)15(13)21)18(25)10(17(11)24)9-6-5-7-3-1-2-4-8(7)23-9;1-3-5-4-2/h1-6,10H;3-5H2,1-2H3. The van der Waals surface area contributed by atoms with E-state index in [2.05, 4.69) is 18.8 Å². The van der Waals surface area contributed by atoms with E-state index in [1.165, 1.54) is 19.3 Å². The van der Waals surface area contributed by atoms with Crippen molar-refractivity contribution in [1.82, 2.24) is 4.98 Å². The highest BCUT2D eigenvalue weighted by Crippen LogP contribution is 2.47. The largest absolute Gasteiger partial charge is 0.293 e. The second-order valence-electron chi connectivity index (χ2n) is 6.95. The molecule has 0 N–H and O–H groups in total. The van der Waals surface area contributed by atoms with Gasteiger partial charge in [-0.25, -0.2) is 0 Å². The number of carbonyl (C=O) groups excluding carboxylic acids is 2. The van der Waals surface area contributed by atoms with Gasteiger partial charge in [-0.15, -0.1) is 0 Å². The monoisotopic (exact) mass is 481 g/mol. The molecule has 1 aliphatic rings. The van der Waals surface area contributed by atoms with E-state index in [0.717, 1.165) is 5.39 Å². The summed E-state index contributed by atoms with van der Waals surface area (Å²) >= 11 is 24.4. The molecule has 156 valence electrons. The molecule has 0 unspecified atom stereocenters. The summed E-state index contributed by atoms with van der Waals surface area (Å²) in [5.41, 5.74) is 1.03. The molecule has 0 radical (unpaired) electrons. The fourth-order valence-corrected chi connectivity index (χ4v) is 4.41. The molecule has 0 amide bonds. The number of nitrogens with zero attached hydrogens (tertiary/aromatic N) is 1. The van der Waals surface area contributed by atoms with Gasteiger partial charge in [-0.3, -0.25) is 14.6 Å². The zero-order chi connectivity index (χ0) is 22.0. The fourth-order valence-electron chi connectivity index (χ4n) is 3.37. The first-order valence-corrected chi connectivity index (χ1v) is 11.1. The van der Waals surface area contributed by atoms with Crippen LogP contribution < -0.4 is 0 Å². The molecule has 2 aromatic carbocycles. The third-order valence-electron chi connectivity index (χ3n) is 4.91. The summed E-state index contributed by atoms with van der Waals surface area (Å²) in [7, 11) is 0. The van der Waals surface area contributed by atoms with Gasteiger partial charge in [-0.2, -0.15) is 0 Å². The Bertz CT molecular complexity index is 1090. The Labute approximate surface area is 195 Å². The molecule has 1 aliphatic carbocycles. The molecule has 7 heteroatoms. The van der Waals surface area contributed by atoms with Crippen LogP contribution in [0.2, 0.25) is 20.1 Å². The number of aromatic nitrogens is 1. The summed E-state index contributed by atoms with van der Waals surface area (Å²) in [6.07, 6.45) is 4.08. The third kappa shape index (κ3) is 4.09. The molecule has 0 fully saturated rings. The van der Waals surface area contributed by atoms with Crippen LogP contribution in [-0.2, 0) is 0 Å². The summed E-state index contributed by atoms with van der Waals surface area (Å²) in [5, 5.41) is 0.699. The molecule has 0 atom stereocenters. The van der Waals surface area contributed by atoms with Crippen LogP contribution >= 0.6 is 46.4 Å². The number of hydrogen-bond acceptors (Lipinski definition) is 3. The lowest BCUT2D eigenvalue weighted by Gasteiger charge is -2.07. The first-order valence-electron chi connectivity index (χ1n) is 9.63. The Balaban J connectivity index is 0.000000461. The number of rotatable bonds is 3. The Morgan fingerprint density at radius 1 is 0.767 bits per heavy atom. The minimum Gasteiger partial charge on any atom is -0.293 e. The van der Waals surface area contributed by atoms with Gasteiger partial charge in [0.1, 0.15) is 5.92 Å². The van der Waals surface area contributed by atoms with Crippen molar-refractivity contribution in [2.45, 2.75) is 39.0 Å². The molecule has 3 aromatic rings. The van der Waals surface area contributed by atoms with Crippen LogP contribution in [0, 0.1) is 0 Å². The van der Waals surface area contributed by atoms with Crippen LogP contribution in [0.25, 0.3) is 10.9 Å². The van der Waals surface area contributed by atoms with Gasteiger partial charge in [0.25, 0.3) is 0 Å². The summed E-state index contributed by atoms with van der Waals surface area (Å²) < 4.78 is 0. The molecule has 1 aromatic heterocycles. The topological polar surface area (TPSA) is 47.0 Å². The first-order chi connectivity index (χ1) is 14.3. The number of Topliss-reactive ketones (excluding diaryl/α,β-unsaturated/α-hetero) is 2. The molecule has 4 rings (SSSR count). The van der Waals surface area contributed by atoms with Gasteiger partial charge in [0, 0.05) is 5.39 Å². The number of para-hydroxylation sites is 1. The van der Waals surface area contributed by atoms with Crippen molar-refractivity contribution in [1.29, 1.82) is 0 Å². The highest BCUT2D eigenvalue weighted by Gasteiger charge is 2.45. The smallest absolute Gasteiger partial charge is 0.182 e. The van der Waals surface area contributed by atoms with Crippen LogP contribution in [-0.4, -0.2) is 16.6 Å². The molecule has 0 saturated carbocycles. The Hall–Kier alpha value is -1.65. The molecule has 1 heterocycles. The third-order valence-corrected chi connectivity index (χ3v) is 6.71. The van der Waals surface area contributed by atoms with E-state index in [1.807, 2.05) is 30.3 Å². The lowest BCUT2D eigenvalue weighted by Crippen LogP contribution is -2.14. The summed E-state index contributed by atoms with van der Waals surface area (Å²) in [6.45, 7) is 4.42. The van der Waals surface area contributed by atoms with Gasteiger partial charge < -0.3 is 0 Å². The Morgan fingerprint density at radius 3 is 1.80 bits per heavy atom. The average Bonchev–Trinajstić information content (AvgIpc) is 3.01. The minimum absolute atomic E-state index is 0.00558. The number of pyridine rings is 1. The van der Waals surface area contributed by atoms with Gasteiger partial charge in [-0.05, 0) is 12.1 Å². The maximum absolute atomic E-state index is 12.9. The predicted molar refractivity (Wildman–Crippen MR) is 125 cm³/mol. The van der Waals surface area contributed by atoms with Crippen LogP contribution in [0.5, 0.6) is 0 Å². The van der Waals surface area contributed by atoms with Crippen LogP contribution in [0.3, 0.4) is 0 Å². The van der Waals surface area contributed by atoms with Crippen LogP contribution in [0.15, 0.2) is 36.4 Å². The van der Waals surface area contributed by atoms with Crippen molar-refractivity contribution >= 4 is 68.9 Å². The van der Waals surface area contributed by atoms with Gasteiger partial charge in [0.2, 0.25) is 0 Å². The maximum Gasteiger partial charge on any atom is 0.182 e. The summed E-state index contributed by atoms with van der Waals surface area (Å²) in [4.78, 5) is 30.2. The van der Waals surface area contributed by atoms with E-state index in [4.69, 9.17) is 46.4 Å². The van der Waals surface area contributed by atoms with Crippen molar-refractivity contribution < 1.29 is 9.59 Å². The molecule has 0 spiro atoms. The SMILES string of the molecule is CCCCC.O=C1c2c(Cl)c(Cl)c(Cl)c(Cl)c2C(=O)C1c1ccc2ccccc2n1. The minimum atomic E-state index is -1.11. The van der Waals surface area contributed by atoms with Gasteiger partial charge in [-0.1, -0.05) is 104 Å². The number of fused-ring (bicyclic) bond motifs is 2. The quantitative estimate of drug-likeness (QED) is 0.214. The zero-order valence-electron chi connectivity index (χ0n) is 16.4. The van der Waals surface area contributed by atoms with Crippen molar-refractivity contribution in [3.05, 3.63) is 73.3 Å². The van der Waals surface area contributed by atoms with E-state index in [-0.39, 0.29) is 31.2 Å². The fraction of sp³-hybridized carbons (Fsp3) is 0.261. The normalized spacial score (nSPS) is 13.4. The zero-order valence-corrected chi connectivity index (χ0v) is 19.5. The summed E-state index contributed by atoms with van der Waals surface area (Å²) in [6, 6.07) is 10.9. The second kappa shape index (κ2) is 9.65. The number of halogens is 4. The molecular weight excluding hydrogens is 464 g/mol. The molecule has 0 bridgehead atoms. The van der Waals surface area contributed by atoms with Crippen molar-refractivity contribution in [2.75, 3.05) is 0 Å². The molecule has 0 saturated heterocycles. The Kier molecular flexibility index (Phi) is 7.41. The van der Waals surface area contributed by atoms with Crippen LogP contribution in [0.1, 0.15) is 65.4 Å². The van der Waals surface area contributed by atoms with E-state index >= 15 is 0 Å². The van der Waals surface area contributed by atoms with E-state index < -0.39 is 17.5 Å². The Morgan fingerprint density at radius 2 is 1.30 bits per heavy atom. The molecule has 30 heavy (non-hydrogen) atoms. The highest BCUT2D eigenvalue weighted by atomic mass is 35.5. The van der Waals surface area contributed by atoms with Crippen molar-refractivity contribution in [2.24, 2.45) is 0 Å². The van der Waals surface area contributed by atoms with Crippen molar-refractivity contribution in [3.8, 4) is 0 Å². The van der Waals surface area contributed by atoms with E-state index in [1.54, 1.807) is 6.07 Å². The highest BCUT2D eigenvalue weighted by molar-refractivity contribution is 6.55. The van der Waals surface area contributed by atoms with Crippen molar-refractivity contribution in [3.63, 3.8) is 0 Å². The predicted octanol–water partition coefficient (Wildman–Crippen LogP) is 8.21. The molecule has 3 nitrogen and oxygen atoms in total. The number of unbranched alkanes of at least 4 members (excludes halogenated alkanes) is 2. The molecular formula is C23H19Cl4NO2. The number of ketones is 2. The number of benzene rings is 2. The lowest BCUT2D eigenvalue weighted by molar-refractivity contribution is 0.0888. The number of hydrogen-bond donors (Lipinski definition) is 0. The average molecular weight is 483 g/mol. The van der Waals surface area contributed by atoms with Crippen LogP contribution in [0.4, 0.5) is 0 Å². The summed E-state index contributed by atoms with van der Waals surface area (Å²) in [5.74, 6) is -2.06. The lowest BCUT2D eigenvalue weighted by atomic mass is 9.98. The van der Waals surface area contributed by atoms with Gasteiger partial charge in [0.05, 0.1) is 42.4 Å².